The molecule has 1 heterocycles. The molecule has 1 aromatic heterocycles. The second-order valence-electron chi connectivity index (χ2n) is 4.84. The summed E-state index contributed by atoms with van der Waals surface area (Å²) in [6.45, 7) is 5.17. The average molecular weight is 279 g/mol. The van der Waals surface area contributed by atoms with Crippen LogP contribution in [0, 0.1) is 0 Å². The Kier molecular flexibility index (Phi) is 3.60. The van der Waals surface area contributed by atoms with Crippen molar-refractivity contribution < 1.29 is 5.11 Å². The Morgan fingerprint density at radius 1 is 1.14 bits per heavy atom. The molecule has 0 radical (unpaired) electrons. The molecule has 0 aliphatic rings. The number of para-hydroxylation sites is 2. The van der Waals surface area contributed by atoms with E-state index in [9.17, 15) is 5.11 Å². The quantitative estimate of drug-likeness (QED) is 0.702. The summed E-state index contributed by atoms with van der Waals surface area (Å²) in [4.78, 5) is 4.62. The number of hydrogen-bond donors (Lipinski definition) is 2. The topological polar surface area (TPSA) is 50.1 Å². The molecule has 0 fully saturated rings. The molecule has 106 valence electrons. The molecule has 0 aliphatic heterocycles. The molecule has 0 amide bonds. The van der Waals surface area contributed by atoms with Crippen LogP contribution in [0.15, 0.2) is 61.2 Å². The molecule has 0 bridgehead atoms. The van der Waals surface area contributed by atoms with Gasteiger partial charge in [0.05, 0.1) is 11.0 Å². The van der Waals surface area contributed by atoms with Crippen molar-refractivity contribution in [3.05, 3.63) is 66.7 Å². The number of hydrogen-bond acceptors (Lipinski definition) is 3. The first kappa shape index (κ1) is 13.2. The number of fused-ring (bicyclic) bond motifs is 1. The van der Waals surface area contributed by atoms with Crippen LogP contribution in [0.4, 0.5) is 5.95 Å². The first-order chi connectivity index (χ1) is 10.3. The van der Waals surface area contributed by atoms with Crippen molar-refractivity contribution in [2.24, 2.45) is 0 Å². The SMILES string of the molecule is C=CCn1c(NCc2ccc(O)cc2)nc2ccccc21. The molecule has 4 nitrogen and oxygen atoms in total. The van der Waals surface area contributed by atoms with Crippen LogP contribution in [0.2, 0.25) is 0 Å². The van der Waals surface area contributed by atoms with Crippen LogP contribution in [0.5, 0.6) is 5.75 Å². The summed E-state index contributed by atoms with van der Waals surface area (Å²) in [5.41, 5.74) is 3.14. The van der Waals surface area contributed by atoms with Crippen LogP contribution in [-0.4, -0.2) is 14.7 Å². The fourth-order valence-corrected chi connectivity index (χ4v) is 2.32. The summed E-state index contributed by atoms with van der Waals surface area (Å²) in [6.07, 6.45) is 1.86. The molecule has 0 unspecified atom stereocenters. The molecule has 0 aliphatic carbocycles. The number of nitrogens with one attached hydrogen (secondary N) is 1. The zero-order valence-electron chi connectivity index (χ0n) is 11.7. The number of aromatic nitrogens is 2. The zero-order valence-corrected chi connectivity index (χ0v) is 11.7. The van der Waals surface area contributed by atoms with Crippen LogP contribution < -0.4 is 5.32 Å². The fraction of sp³-hybridized carbons (Fsp3) is 0.118. The smallest absolute Gasteiger partial charge is 0.204 e. The van der Waals surface area contributed by atoms with Gasteiger partial charge in [0.1, 0.15) is 5.75 Å². The van der Waals surface area contributed by atoms with Crippen molar-refractivity contribution in [2.75, 3.05) is 5.32 Å². The Labute approximate surface area is 123 Å². The lowest BCUT2D eigenvalue weighted by Gasteiger charge is -2.09. The normalized spacial score (nSPS) is 10.7. The van der Waals surface area contributed by atoms with E-state index in [1.807, 2.05) is 36.4 Å². The van der Waals surface area contributed by atoms with Gasteiger partial charge < -0.3 is 15.0 Å². The Morgan fingerprint density at radius 3 is 2.67 bits per heavy atom. The van der Waals surface area contributed by atoms with Gasteiger partial charge in [-0.2, -0.15) is 0 Å². The van der Waals surface area contributed by atoms with Crippen molar-refractivity contribution in [2.45, 2.75) is 13.1 Å². The third-order valence-electron chi connectivity index (χ3n) is 3.35. The molecular weight excluding hydrogens is 262 g/mol. The standard InChI is InChI=1S/C17H17N3O/c1-2-11-20-16-6-4-3-5-15(16)19-17(20)18-12-13-7-9-14(21)10-8-13/h2-10,21H,1,11-12H2,(H,18,19). The van der Waals surface area contributed by atoms with E-state index in [2.05, 4.69) is 27.5 Å². The third kappa shape index (κ3) is 2.74. The number of phenols is 1. The number of imidazole rings is 1. The van der Waals surface area contributed by atoms with E-state index in [1.165, 1.54) is 0 Å². The van der Waals surface area contributed by atoms with E-state index >= 15 is 0 Å². The molecule has 21 heavy (non-hydrogen) atoms. The number of phenolic OH excluding ortho intramolecular Hbond substituents is 1. The van der Waals surface area contributed by atoms with E-state index in [0.717, 1.165) is 22.5 Å². The fourth-order valence-electron chi connectivity index (χ4n) is 2.32. The van der Waals surface area contributed by atoms with Crippen molar-refractivity contribution in [1.29, 1.82) is 0 Å². The Hall–Kier alpha value is -2.75. The van der Waals surface area contributed by atoms with Crippen molar-refractivity contribution in [3.8, 4) is 5.75 Å². The van der Waals surface area contributed by atoms with E-state index in [4.69, 9.17) is 0 Å². The van der Waals surface area contributed by atoms with Crippen LogP contribution in [0.1, 0.15) is 5.56 Å². The van der Waals surface area contributed by atoms with Gasteiger partial charge in [0.25, 0.3) is 0 Å². The average Bonchev–Trinajstić information content (AvgIpc) is 2.85. The highest BCUT2D eigenvalue weighted by molar-refractivity contribution is 5.78. The number of benzene rings is 2. The summed E-state index contributed by atoms with van der Waals surface area (Å²) in [7, 11) is 0. The zero-order chi connectivity index (χ0) is 14.7. The third-order valence-corrected chi connectivity index (χ3v) is 3.35. The highest BCUT2D eigenvalue weighted by Gasteiger charge is 2.08. The number of anilines is 1. The molecule has 0 spiro atoms. The molecule has 4 heteroatoms. The van der Waals surface area contributed by atoms with Gasteiger partial charge in [0.15, 0.2) is 0 Å². The molecular formula is C17H17N3O. The highest BCUT2D eigenvalue weighted by Crippen LogP contribution is 2.20. The monoisotopic (exact) mass is 279 g/mol. The minimum atomic E-state index is 0.276. The van der Waals surface area contributed by atoms with Crippen LogP contribution in [0.25, 0.3) is 11.0 Å². The molecule has 3 aromatic rings. The minimum Gasteiger partial charge on any atom is -0.508 e. The molecule has 3 rings (SSSR count). The lowest BCUT2D eigenvalue weighted by molar-refractivity contribution is 0.475. The molecule has 0 atom stereocenters. The summed E-state index contributed by atoms with van der Waals surface area (Å²) in [5.74, 6) is 1.10. The first-order valence-electron chi connectivity index (χ1n) is 6.86. The van der Waals surface area contributed by atoms with Gasteiger partial charge in [0.2, 0.25) is 5.95 Å². The van der Waals surface area contributed by atoms with E-state index in [-0.39, 0.29) is 5.75 Å². The largest absolute Gasteiger partial charge is 0.508 e. The number of aromatic hydroxyl groups is 1. The number of nitrogens with zero attached hydrogens (tertiary/aromatic N) is 2. The van der Waals surface area contributed by atoms with Crippen LogP contribution in [-0.2, 0) is 13.1 Å². The van der Waals surface area contributed by atoms with Crippen molar-refractivity contribution in [1.82, 2.24) is 9.55 Å². The van der Waals surface area contributed by atoms with Crippen molar-refractivity contribution >= 4 is 17.0 Å². The molecule has 0 saturated carbocycles. The van der Waals surface area contributed by atoms with E-state index < -0.39 is 0 Å². The van der Waals surface area contributed by atoms with Crippen molar-refractivity contribution in [3.63, 3.8) is 0 Å². The first-order valence-corrected chi connectivity index (χ1v) is 6.86. The number of rotatable bonds is 5. The van der Waals surface area contributed by atoms with Crippen LogP contribution >= 0.6 is 0 Å². The summed E-state index contributed by atoms with van der Waals surface area (Å²) in [5, 5.41) is 12.6. The van der Waals surface area contributed by atoms with Gasteiger partial charge in [-0.05, 0) is 29.8 Å². The summed E-state index contributed by atoms with van der Waals surface area (Å²) in [6, 6.07) is 15.2. The van der Waals surface area contributed by atoms with Crippen LogP contribution in [0.3, 0.4) is 0 Å². The minimum absolute atomic E-state index is 0.276. The van der Waals surface area contributed by atoms with Gasteiger partial charge in [-0.25, -0.2) is 4.98 Å². The maximum atomic E-state index is 9.30. The molecule has 2 N–H and O–H groups in total. The highest BCUT2D eigenvalue weighted by atomic mass is 16.3. The van der Waals surface area contributed by atoms with Gasteiger partial charge >= 0.3 is 0 Å². The molecule has 0 saturated heterocycles. The second-order valence-corrected chi connectivity index (χ2v) is 4.84. The Balaban J connectivity index is 1.87. The summed E-state index contributed by atoms with van der Waals surface area (Å²) < 4.78 is 2.10. The van der Waals surface area contributed by atoms with Gasteiger partial charge in [-0.15, -0.1) is 6.58 Å². The predicted octanol–water partition coefficient (Wildman–Crippen LogP) is 3.54. The second kappa shape index (κ2) is 5.71. The number of allylic oxidation sites excluding steroid dienone is 1. The Morgan fingerprint density at radius 2 is 1.90 bits per heavy atom. The molecule has 2 aromatic carbocycles. The lowest BCUT2D eigenvalue weighted by atomic mass is 10.2. The van der Waals surface area contributed by atoms with Gasteiger partial charge in [0, 0.05) is 13.1 Å². The lowest BCUT2D eigenvalue weighted by Crippen LogP contribution is -2.07. The summed E-state index contributed by atoms with van der Waals surface area (Å²) >= 11 is 0. The Bertz CT molecular complexity index is 759. The van der Waals surface area contributed by atoms with Gasteiger partial charge in [-0.3, -0.25) is 0 Å². The van der Waals surface area contributed by atoms with E-state index in [0.29, 0.717) is 13.1 Å². The maximum Gasteiger partial charge on any atom is 0.204 e. The maximum absolute atomic E-state index is 9.30. The van der Waals surface area contributed by atoms with E-state index in [1.54, 1.807) is 12.1 Å². The predicted molar refractivity (Wildman–Crippen MR) is 85.4 cm³/mol. The van der Waals surface area contributed by atoms with Gasteiger partial charge in [-0.1, -0.05) is 30.3 Å².